The topological polar surface area (TPSA) is 0 Å². The zero-order chi connectivity index (χ0) is 16.6. The molecule has 0 aliphatic rings. The van der Waals surface area contributed by atoms with Gasteiger partial charge in [0.25, 0.3) is 0 Å². The Hall–Kier alpha value is -0.260. The lowest BCUT2D eigenvalue weighted by Gasteiger charge is -2.29. The van der Waals surface area contributed by atoms with Crippen LogP contribution in [0.4, 0.5) is 0 Å². The molecule has 0 heterocycles. The van der Waals surface area contributed by atoms with Gasteiger partial charge in [0.15, 0.2) is 0 Å². The van der Waals surface area contributed by atoms with E-state index in [9.17, 15) is 0 Å². The molecule has 0 aromatic heterocycles. The van der Waals surface area contributed by atoms with Crippen molar-refractivity contribution in [3.63, 3.8) is 0 Å². The van der Waals surface area contributed by atoms with Crippen molar-refractivity contribution in [2.45, 2.75) is 95.9 Å². The second-order valence-corrected chi connectivity index (χ2v) is 6.17. The predicted octanol–water partition coefficient (Wildman–Crippen LogP) is 7.74. The van der Waals surface area contributed by atoms with Crippen LogP contribution in [0.25, 0.3) is 0 Å². The van der Waals surface area contributed by atoms with E-state index in [1.807, 2.05) is 13.8 Å². The van der Waals surface area contributed by atoms with Crippen LogP contribution in [0.2, 0.25) is 0 Å². The van der Waals surface area contributed by atoms with Gasteiger partial charge < -0.3 is 0 Å². The van der Waals surface area contributed by atoms with Crippen molar-refractivity contribution in [1.29, 1.82) is 0 Å². The molecule has 0 saturated carbocycles. The quantitative estimate of drug-likeness (QED) is 0.461. The van der Waals surface area contributed by atoms with Crippen molar-refractivity contribution in [3.8, 4) is 0 Å². The van der Waals surface area contributed by atoms with E-state index in [1.165, 1.54) is 18.4 Å². The summed E-state index contributed by atoms with van der Waals surface area (Å²) in [6, 6.07) is 0. The van der Waals surface area contributed by atoms with E-state index in [0.29, 0.717) is 11.3 Å². The molecule has 0 aromatic carbocycles. The summed E-state index contributed by atoms with van der Waals surface area (Å²) < 4.78 is 0. The van der Waals surface area contributed by atoms with Crippen LogP contribution in [-0.4, -0.2) is 0 Å². The lowest BCUT2D eigenvalue weighted by atomic mass is 9.76. The van der Waals surface area contributed by atoms with Gasteiger partial charge in [-0.1, -0.05) is 101 Å². The van der Waals surface area contributed by atoms with Gasteiger partial charge >= 0.3 is 0 Å². The van der Waals surface area contributed by atoms with Crippen LogP contribution in [0, 0.1) is 17.3 Å². The first kappa shape index (κ1) is 27.1. The van der Waals surface area contributed by atoms with Gasteiger partial charge in [-0.2, -0.15) is 0 Å². The smallest absolute Gasteiger partial charge is 0.0127 e. The Labute approximate surface area is 126 Å². The molecule has 0 bridgehead atoms. The second-order valence-electron chi connectivity index (χ2n) is 6.17. The molecule has 0 heteroatoms. The molecule has 0 rings (SSSR count). The fraction of sp³-hybridized carbons (Fsp3) is 0.895. The van der Waals surface area contributed by atoms with E-state index < -0.39 is 0 Å². The molecule has 0 aromatic rings. The van der Waals surface area contributed by atoms with Gasteiger partial charge in [-0.15, -0.1) is 0 Å². The van der Waals surface area contributed by atoms with E-state index in [4.69, 9.17) is 0 Å². The monoisotopic (exact) mass is 272 g/mol. The van der Waals surface area contributed by atoms with Crippen LogP contribution >= 0.6 is 0 Å². The third kappa shape index (κ3) is 23.3. The van der Waals surface area contributed by atoms with Crippen LogP contribution in [0.3, 0.4) is 0 Å². The normalized spacial score (nSPS) is 9.58. The van der Waals surface area contributed by atoms with E-state index in [2.05, 4.69) is 75.8 Å². The lowest BCUT2D eigenvalue weighted by Crippen LogP contribution is -2.19. The summed E-state index contributed by atoms with van der Waals surface area (Å²) in [5, 5.41) is 0. The highest BCUT2D eigenvalue weighted by Crippen LogP contribution is 2.32. The maximum atomic E-state index is 3.95. The summed E-state index contributed by atoms with van der Waals surface area (Å²) in [5.41, 5.74) is 1.58. The van der Waals surface area contributed by atoms with E-state index in [1.54, 1.807) is 0 Å². The summed E-state index contributed by atoms with van der Waals surface area (Å²) in [7, 11) is 0. The Morgan fingerprint density at radius 2 is 1.16 bits per heavy atom. The molecule has 0 amide bonds. The van der Waals surface area contributed by atoms with Crippen LogP contribution in [-0.2, 0) is 0 Å². The summed E-state index contributed by atoms with van der Waals surface area (Å²) in [5.74, 6) is 1.57. The lowest BCUT2D eigenvalue weighted by molar-refractivity contribution is 0.311. The first-order chi connectivity index (χ1) is 8.57. The maximum Gasteiger partial charge on any atom is -0.0127 e. The summed E-state index contributed by atoms with van der Waals surface area (Å²) in [4.78, 5) is 0. The molecular weight excluding hydrogens is 228 g/mol. The molecule has 0 N–H and O–H groups in total. The Balaban J connectivity index is -0.0000000952. The standard InChI is InChI=1S/C9H18.C5H12.C3H8.C2H6/c1-7(2)9(5,6)8(3)4;1-4-5(2)3;1-3-2;1-2/h8H,1H2,2-6H3;5H,4H2,1-3H3;3H2,1-2H3;1-2H3. The van der Waals surface area contributed by atoms with Gasteiger partial charge in [-0.05, 0) is 24.2 Å². The number of rotatable bonds is 3. The number of hydrogen-bond acceptors (Lipinski definition) is 0. The van der Waals surface area contributed by atoms with Gasteiger partial charge in [-0.25, -0.2) is 0 Å². The Kier molecular flexibility index (Phi) is 25.3. The van der Waals surface area contributed by atoms with Gasteiger partial charge in [0.1, 0.15) is 0 Å². The van der Waals surface area contributed by atoms with Crippen molar-refractivity contribution < 1.29 is 0 Å². The SMILES string of the molecule is C=C(C)C(C)(C)C(C)C.CC.CCC.CCC(C)C. The molecule has 0 atom stereocenters. The summed E-state index contributed by atoms with van der Waals surface area (Å²) in [6.45, 7) is 29.9. The van der Waals surface area contributed by atoms with Crippen molar-refractivity contribution in [1.82, 2.24) is 0 Å². The molecule has 0 fully saturated rings. The van der Waals surface area contributed by atoms with Crippen LogP contribution in [0.5, 0.6) is 0 Å². The Morgan fingerprint density at radius 3 is 1.16 bits per heavy atom. The molecule has 0 nitrogen and oxygen atoms in total. The minimum absolute atomic E-state index is 0.306. The third-order valence-electron chi connectivity index (χ3n) is 3.36. The highest BCUT2D eigenvalue weighted by atomic mass is 14.3. The average Bonchev–Trinajstić information content (AvgIpc) is 2.33. The second kappa shape index (κ2) is 17.7. The zero-order valence-corrected chi connectivity index (χ0v) is 16.3. The van der Waals surface area contributed by atoms with Gasteiger partial charge in [0, 0.05) is 0 Å². The van der Waals surface area contributed by atoms with Crippen molar-refractivity contribution in [2.24, 2.45) is 17.3 Å². The molecule has 120 valence electrons. The molecular formula is C19H44. The summed E-state index contributed by atoms with van der Waals surface area (Å²) in [6.07, 6.45) is 2.56. The van der Waals surface area contributed by atoms with E-state index >= 15 is 0 Å². The van der Waals surface area contributed by atoms with Crippen molar-refractivity contribution in [2.75, 3.05) is 0 Å². The summed E-state index contributed by atoms with van der Waals surface area (Å²) >= 11 is 0. The molecule has 0 aliphatic heterocycles. The first-order valence-electron chi connectivity index (χ1n) is 8.23. The average molecular weight is 273 g/mol. The maximum absolute atomic E-state index is 3.95. The fourth-order valence-corrected chi connectivity index (χ4v) is 0.493. The minimum Gasteiger partial charge on any atom is -0.0996 e. The first-order valence-corrected chi connectivity index (χ1v) is 8.23. The molecule has 0 unspecified atom stereocenters. The Bertz CT molecular complexity index is 161. The van der Waals surface area contributed by atoms with Crippen molar-refractivity contribution in [3.05, 3.63) is 12.2 Å². The van der Waals surface area contributed by atoms with Gasteiger partial charge in [0.2, 0.25) is 0 Å². The van der Waals surface area contributed by atoms with Crippen LogP contribution in [0.15, 0.2) is 12.2 Å². The van der Waals surface area contributed by atoms with Crippen LogP contribution < -0.4 is 0 Å². The highest BCUT2D eigenvalue weighted by molar-refractivity contribution is 5.04. The Morgan fingerprint density at radius 1 is 0.947 bits per heavy atom. The highest BCUT2D eigenvalue weighted by Gasteiger charge is 2.22. The van der Waals surface area contributed by atoms with Gasteiger partial charge in [-0.3, -0.25) is 0 Å². The van der Waals surface area contributed by atoms with E-state index in [-0.39, 0.29) is 0 Å². The third-order valence-corrected chi connectivity index (χ3v) is 3.36. The molecule has 0 aliphatic carbocycles. The minimum atomic E-state index is 0.306. The molecule has 0 saturated heterocycles. The predicted molar refractivity (Wildman–Crippen MR) is 95.9 cm³/mol. The molecule has 0 radical (unpaired) electrons. The largest absolute Gasteiger partial charge is 0.0996 e. The van der Waals surface area contributed by atoms with Crippen LogP contribution in [0.1, 0.15) is 95.9 Å². The van der Waals surface area contributed by atoms with Crippen molar-refractivity contribution >= 4 is 0 Å². The molecule has 19 heavy (non-hydrogen) atoms. The fourth-order valence-electron chi connectivity index (χ4n) is 0.493. The zero-order valence-electron chi connectivity index (χ0n) is 16.3. The number of allylic oxidation sites excluding steroid dienone is 1. The number of hydrogen-bond donors (Lipinski definition) is 0. The van der Waals surface area contributed by atoms with Gasteiger partial charge in [0.05, 0.1) is 0 Å². The molecule has 0 spiro atoms. The van der Waals surface area contributed by atoms with E-state index in [0.717, 1.165) is 5.92 Å².